The first-order chi connectivity index (χ1) is 18.4. The Morgan fingerprint density at radius 3 is 2.55 bits per heavy atom. The molecule has 0 aliphatic carbocycles. The minimum Gasteiger partial charge on any atom is -0.503 e. The van der Waals surface area contributed by atoms with Gasteiger partial charge >= 0.3 is 0 Å². The molecule has 5 aromatic rings. The minimum atomic E-state index is -0.914. The number of hydrogen-bond acceptors (Lipinski definition) is 6. The van der Waals surface area contributed by atoms with E-state index in [9.17, 15) is 14.7 Å². The van der Waals surface area contributed by atoms with Crippen molar-refractivity contribution in [2.24, 2.45) is 7.05 Å². The Morgan fingerprint density at radius 1 is 0.974 bits per heavy atom. The van der Waals surface area contributed by atoms with Crippen LogP contribution in [-0.4, -0.2) is 35.6 Å². The molecule has 0 radical (unpaired) electrons. The zero-order chi connectivity index (χ0) is 26.6. The third kappa shape index (κ3) is 3.45. The van der Waals surface area contributed by atoms with Gasteiger partial charge in [0.1, 0.15) is 5.75 Å². The Morgan fingerprint density at radius 2 is 1.76 bits per heavy atom. The summed E-state index contributed by atoms with van der Waals surface area (Å²) in [6.07, 6.45) is 1.88. The van der Waals surface area contributed by atoms with Crippen molar-refractivity contribution in [3.05, 3.63) is 102 Å². The molecule has 3 heterocycles. The summed E-state index contributed by atoms with van der Waals surface area (Å²) in [6, 6.07) is 20.7. The highest BCUT2D eigenvalue weighted by Crippen LogP contribution is 2.45. The Labute approximate surface area is 217 Å². The average Bonchev–Trinajstić information content (AvgIpc) is 3.60. The Kier molecular flexibility index (Phi) is 5.45. The fourth-order valence-corrected chi connectivity index (χ4v) is 5.19. The molecule has 2 aromatic heterocycles. The van der Waals surface area contributed by atoms with Gasteiger partial charge in [0, 0.05) is 46.9 Å². The van der Waals surface area contributed by atoms with Crippen LogP contribution in [0.2, 0.25) is 0 Å². The van der Waals surface area contributed by atoms with Gasteiger partial charge in [0.05, 0.1) is 25.8 Å². The number of aromatic nitrogens is 1. The number of aryl methyl sites for hydroxylation is 1. The average molecular weight is 509 g/mol. The third-order valence-corrected chi connectivity index (χ3v) is 6.96. The zero-order valence-electron chi connectivity index (χ0n) is 21.0. The summed E-state index contributed by atoms with van der Waals surface area (Å²) in [5.41, 5.74) is 2.45. The Bertz CT molecular complexity index is 1780. The molecule has 6 rings (SSSR count). The SMILES string of the molecule is COc1cccc(N2C(=O)C(O)=C(C(=O)c3cc4cccc(OC)c4o3)C2c2cn(C)c3ccccc23)c1. The summed E-state index contributed by atoms with van der Waals surface area (Å²) >= 11 is 0. The standard InChI is InChI=1S/C30H24N2O6/c1-31-16-21(20-11-4-5-12-22(20)31)26-25(27(33)24-14-17-8-6-13-23(37-3)29(17)38-24)28(34)30(35)32(26)18-9-7-10-19(15-18)36-2/h4-16,26,34H,1-3H3. The van der Waals surface area contributed by atoms with E-state index in [0.29, 0.717) is 33.7 Å². The number of anilines is 1. The van der Waals surface area contributed by atoms with Crippen LogP contribution < -0.4 is 14.4 Å². The number of ether oxygens (including phenoxy) is 2. The van der Waals surface area contributed by atoms with Crippen molar-refractivity contribution >= 4 is 39.2 Å². The summed E-state index contributed by atoms with van der Waals surface area (Å²) in [5, 5.41) is 12.7. The molecule has 1 N–H and O–H groups in total. The van der Waals surface area contributed by atoms with E-state index in [1.54, 1.807) is 48.5 Å². The van der Waals surface area contributed by atoms with Gasteiger partial charge in [-0.1, -0.05) is 36.4 Å². The second kappa shape index (κ2) is 8.85. The first-order valence-corrected chi connectivity index (χ1v) is 12.0. The minimum absolute atomic E-state index is 0.00317. The van der Waals surface area contributed by atoms with Crippen LogP contribution in [0.1, 0.15) is 22.2 Å². The van der Waals surface area contributed by atoms with E-state index in [1.807, 2.05) is 42.1 Å². The van der Waals surface area contributed by atoms with Gasteiger partial charge in [-0.05, 0) is 30.3 Å². The van der Waals surface area contributed by atoms with Crippen LogP contribution in [0.3, 0.4) is 0 Å². The first kappa shape index (κ1) is 23.4. The fourth-order valence-electron chi connectivity index (χ4n) is 5.19. The van der Waals surface area contributed by atoms with E-state index in [0.717, 1.165) is 10.9 Å². The largest absolute Gasteiger partial charge is 0.503 e. The molecule has 0 saturated carbocycles. The molecule has 190 valence electrons. The number of para-hydroxylation sites is 2. The van der Waals surface area contributed by atoms with E-state index in [4.69, 9.17) is 13.9 Å². The van der Waals surface area contributed by atoms with Crippen molar-refractivity contribution in [2.45, 2.75) is 6.04 Å². The van der Waals surface area contributed by atoms with Gasteiger partial charge in [-0.25, -0.2) is 0 Å². The lowest BCUT2D eigenvalue weighted by molar-refractivity contribution is -0.117. The smallest absolute Gasteiger partial charge is 0.294 e. The predicted molar refractivity (Wildman–Crippen MR) is 143 cm³/mol. The summed E-state index contributed by atoms with van der Waals surface area (Å²) in [4.78, 5) is 29.1. The van der Waals surface area contributed by atoms with Crippen LogP contribution >= 0.6 is 0 Å². The number of Topliss-reactive ketones (excluding diaryl/α,β-unsaturated/α-hetero) is 1. The van der Waals surface area contributed by atoms with E-state index < -0.39 is 23.5 Å². The highest BCUT2D eigenvalue weighted by Gasteiger charge is 2.46. The van der Waals surface area contributed by atoms with Gasteiger partial charge in [0.15, 0.2) is 22.9 Å². The normalized spacial score (nSPS) is 15.6. The van der Waals surface area contributed by atoms with Crippen molar-refractivity contribution in [2.75, 3.05) is 19.1 Å². The molecule has 8 heteroatoms. The molecule has 0 spiro atoms. The van der Waals surface area contributed by atoms with E-state index in [2.05, 4.69) is 0 Å². The van der Waals surface area contributed by atoms with Crippen molar-refractivity contribution in [3.63, 3.8) is 0 Å². The topological polar surface area (TPSA) is 94.1 Å². The Hall–Kier alpha value is -4.98. The lowest BCUT2D eigenvalue weighted by atomic mass is 9.94. The van der Waals surface area contributed by atoms with Crippen LogP contribution in [0.4, 0.5) is 5.69 Å². The van der Waals surface area contributed by atoms with Crippen molar-refractivity contribution < 1.29 is 28.6 Å². The summed E-state index contributed by atoms with van der Waals surface area (Å²) < 4.78 is 18.6. The van der Waals surface area contributed by atoms with Gasteiger partial charge in [0.25, 0.3) is 5.91 Å². The van der Waals surface area contributed by atoms with Crippen molar-refractivity contribution in [1.29, 1.82) is 0 Å². The number of hydrogen-bond donors (Lipinski definition) is 1. The molecule has 0 bridgehead atoms. The van der Waals surface area contributed by atoms with Crippen LogP contribution in [0.15, 0.2) is 94.7 Å². The van der Waals surface area contributed by atoms with Crippen LogP contribution in [0.5, 0.6) is 11.5 Å². The maximum Gasteiger partial charge on any atom is 0.294 e. The maximum absolute atomic E-state index is 14.0. The number of carbonyl (C=O) groups is 2. The lowest BCUT2D eigenvalue weighted by Crippen LogP contribution is -2.31. The number of aliphatic hydroxyl groups is 1. The van der Waals surface area contributed by atoms with Gasteiger partial charge in [0.2, 0.25) is 5.78 Å². The van der Waals surface area contributed by atoms with Crippen molar-refractivity contribution in [3.8, 4) is 11.5 Å². The molecule has 1 amide bonds. The molecule has 3 aromatic carbocycles. The highest BCUT2D eigenvalue weighted by molar-refractivity contribution is 6.21. The summed E-state index contributed by atoms with van der Waals surface area (Å²) in [5.74, 6) is -0.883. The molecule has 0 saturated heterocycles. The number of aliphatic hydroxyl groups excluding tert-OH is 1. The van der Waals surface area contributed by atoms with Gasteiger partial charge in [-0.3, -0.25) is 14.5 Å². The number of methoxy groups -OCH3 is 2. The second-order valence-electron chi connectivity index (χ2n) is 9.07. The quantitative estimate of drug-likeness (QED) is 0.295. The molecule has 1 aliphatic rings. The maximum atomic E-state index is 14.0. The van der Waals surface area contributed by atoms with Crippen LogP contribution in [0, 0.1) is 0 Å². The molecular formula is C30H24N2O6. The molecule has 38 heavy (non-hydrogen) atoms. The molecule has 8 nitrogen and oxygen atoms in total. The summed E-state index contributed by atoms with van der Waals surface area (Å²) in [6.45, 7) is 0. The molecule has 1 atom stereocenters. The Balaban J connectivity index is 1.57. The van der Waals surface area contributed by atoms with Gasteiger partial charge in [-0.15, -0.1) is 0 Å². The van der Waals surface area contributed by atoms with Gasteiger partial charge in [-0.2, -0.15) is 0 Å². The van der Waals surface area contributed by atoms with E-state index >= 15 is 0 Å². The fraction of sp³-hybridized carbons (Fsp3) is 0.133. The van der Waals surface area contributed by atoms with Crippen molar-refractivity contribution in [1.82, 2.24) is 4.57 Å². The highest BCUT2D eigenvalue weighted by atomic mass is 16.5. The number of carbonyl (C=O) groups excluding carboxylic acids is 2. The number of nitrogens with zero attached hydrogens (tertiary/aromatic N) is 2. The van der Waals surface area contributed by atoms with Crippen LogP contribution in [-0.2, 0) is 11.8 Å². The monoisotopic (exact) mass is 508 g/mol. The number of ketones is 1. The van der Waals surface area contributed by atoms with E-state index in [1.165, 1.54) is 19.1 Å². The second-order valence-corrected chi connectivity index (χ2v) is 9.07. The zero-order valence-corrected chi connectivity index (χ0v) is 21.0. The third-order valence-electron chi connectivity index (χ3n) is 6.96. The molecular weight excluding hydrogens is 484 g/mol. The van der Waals surface area contributed by atoms with Gasteiger partial charge < -0.3 is 23.6 Å². The number of rotatable bonds is 6. The number of fused-ring (bicyclic) bond motifs is 2. The molecule has 1 aliphatic heterocycles. The molecule has 0 fully saturated rings. The van der Waals surface area contributed by atoms with Crippen LogP contribution in [0.25, 0.3) is 21.9 Å². The first-order valence-electron chi connectivity index (χ1n) is 12.0. The van der Waals surface area contributed by atoms with E-state index in [-0.39, 0.29) is 11.3 Å². The molecule has 1 unspecified atom stereocenters. The summed E-state index contributed by atoms with van der Waals surface area (Å²) in [7, 11) is 4.95. The number of furan rings is 1. The number of amides is 1. The number of benzene rings is 3. The lowest BCUT2D eigenvalue weighted by Gasteiger charge is -2.26. The predicted octanol–water partition coefficient (Wildman–Crippen LogP) is 5.72.